The molecule has 1 atom stereocenters. The first-order valence-electron chi connectivity index (χ1n) is 12.4. The Bertz CT molecular complexity index is 1680. The van der Waals surface area contributed by atoms with E-state index in [1.807, 2.05) is 0 Å². The minimum atomic E-state index is -4.99. The number of fused-ring (bicyclic) bond motifs is 1. The van der Waals surface area contributed by atoms with E-state index in [-0.39, 0.29) is 27.3 Å². The molecule has 0 bridgehead atoms. The highest BCUT2D eigenvalue weighted by Crippen LogP contribution is 2.39. The Labute approximate surface area is 247 Å². The van der Waals surface area contributed by atoms with Crippen molar-refractivity contribution in [2.24, 2.45) is 11.7 Å². The fourth-order valence-electron chi connectivity index (χ4n) is 4.80. The molecule has 2 N–H and O–H groups in total. The molecule has 5 rings (SSSR count). The number of amides is 1. The van der Waals surface area contributed by atoms with Crippen LogP contribution < -0.4 is 10.0 Å². The van der Waals surface area contributed by atoms with E-state index in [0.29, 0.717) is 28.1 Å². The standard InChI is InChI=1S/C27H22BrClF4N4O3S/c28-19-8-5-15(23(24(19)30)27(31,32)33)9-10-37(41(39)40)21-13-36-20(12-17(21)11-14-1-2-14)22(26(34)38)25(35-36)16-3-6-18(29)7-4-16/h3-8,12-14H,1-2,9-11H2,(H2,34,38)(H,39,40)/p-1. The molecule has 41 heavy (non-hydrogen) atoms. The summed E-state index contributed by atoms with van der Waals surface area (Å²) < 4.78 is 82.4. The second-order valence-corrected chi connectivity index (χ2v) is 11.9. The van der Waals surface area contributed by atoms with Crippen LogP contribution in [-0.4, -0.2) is 30.8 Å². The highest BCUT2D eigenvalue weighted by atomic mass is 79.9. The van der Waals surface area contributed by atoms with Crippen LogP contribution in [0, 0.1) is 11.7 Å². The van der Waals surface area contributed by atoms with Crippen molar-refractivity contribution in [1.29, 1.82) is 0 Å². The van der Waals surface area contributed by atoms with Crippen LogP contribution >= 0.6 is 27.5 Å². The van der Waals surface area contributed by atoms with Crippen LogP contribution in [0.15, 0.2) is 53.1 Å². The summed E-state index contributed by atoms with van der Waals surface area (Å²) >= 11 is 5.87. The Morgan fingerprint density at radius 2 is 1.88 bits per heavy atom. The van der Waals surface area contributed by atoms with Crippen molar-refractivity contribution >= 4 is 55.9 Å². The van der Waals surface area contributed by atoms with E-state index in [9.17, 15) is 31.1 Å². The van der Waals surface area contributed by atoms with Crippen molar-refractivity contribution < 1.29 is 31.1 Å². The van der Waals surface area contributed by atoms with E-state index in [4.69, 9.17) is 17.3 Å². The van der Waals surface area contributed by atoms with Gasteiger partial charge in [0.2, 0.25) is 0 Å². The predicted molar refractivity (Wildman–Crippen MR) is 150 cm³/mol. The number of hydrogen-bond donors (Lipinski definition) is 1. The Morgan fingerprint density at radius 3 is 2.46 bits per heavy atom. The highest BCUT2D eigenvalue weighted by Gasteiger charge is 2.38. The molecule has 0 saturated heterocycles. The lowest BCUT2D eigenvalue weighted by Crippen LogP contribution is -2.30. The molecule has 216 valence electrons. The molecule has 1 unspecified atom stereocenters. The quantitative estimate of drug-likeness (QED) is 0.163. The second kappa shape index (κ2) is 11.3. The number of pyridine rings is 1. The normalized spacial score (nSPS) is 14.4. The first-order chi connectivity index (χ1) is 19.3. The maximum atomic E-state index is 14.5. The van der Waals surface area contributed by atoms with Gasteiger partial charge in [-0.25, -0.2) is 8.91 Å². The molecule has 1 aliphatic carbocycles. The molecule has 1 aliphatic rings. The van der Waals surface area contributed by atoms with Crippen molar-refractivity contribution in [2.45, 2.75) is 31.9 Å². The topological polar surface area (TPSA) is 104 Å². The maximum absolute atomic E-state index is 14.5. The van der Waals surface area contributed by atoms with E-state index in [0.717, 1.165) is 29.3 Å². The summed E-state index contributed by atoms with van der Waals surface area (Å²) in [4.78, 5) is 12.5. The van der Waals surface area contributed by atoms with E-state index in [1.54, 1.807) is 30.3 Å². The lowest BCUT2D eigenvalue weighted by Gasteiger charge is -2.29. The van der Waals surface area contributed by atoms with Gasteiger partial charge in [-0.1, -0.05) is 29.8 Å². The van der Waals surface area contributed by atoms with Gasteiger partial charge < -0.3 is 14.6 Å². The summed E-state index contributed by atoms with van der Waals surface area (Å²) in [6.07, 6.45) is -1.66. The third-order valence-electron chi connectivity index (χ3n) is 6.90. The number of carbonyl (C=O) groups excluding carboxylic acids is 1. The van der Waals surface area contributed by atoms with Gasteiger partial charge in [-0.2, -0.15) is 18.3 Å². The number of primary amides is 1. The molecule has 14 heteroatoms. The molecule has 0 radical (unpaired) electrons. The fraction of sp³-hybridized carbons (Fsp3) is 0.259. The largest absolute Gasteiger partial charge is 0.755 e. The molecular formula is C27H21BrClF4N4O3S-. The number of rotatable bonds is 9. The SMILES string of the molecule is NC(=O)c1c(-c2ccc(Cl)cc2)nn2cc(N(CCc3ccc(Br)c(F)c3C(F)(F)F)S(=O)[O-])c(CC3CC3)cc12. The second-order valence-electron chi connectivity index (χ2n) is 9.72. The minimum Gasteiger partial charge on any atom is -0.755 e. The Balaban J connectivity index is 1.61. The summed E-state index contributed by atoms with van der Waals surface area (Å²) in [5.41, 5.74) is 5.94. The lowest BCUT2D eigenvalue weighted by molar-refractivity contribution is -0.140. The van der Waals surface area contributed by atoms with Gasteiger partial charge in [-0.3, -0.25) is 9.00 Å². The number of alkyl halides is 3. The zero-order valence-electron chi connectivity index (χ0n) is 21.1. The van der Waals surface area contributed by atoms with Crippen LogP contribution in [0.5, 0.6) is 0 Å². The molecule has 2 heterocycles. The summed E-state index contributed by atoms with van der Waals surface area (Å²) in [7, 11) is 0. The maximum Gasteiger partial charge on any atom is 0.419 e. The molecular weight excluding hydrogens is 652 g/mol. The molecule has 2 aromatic heterocycles. The van der Waals surface area contributed by atoms with Crippen LogP contribution in [0.2, 0.25) is 5.02 Å². The molecule has 0 aliphatic heterocycles. The van der Waals surface area contributed by atoms with E-state index < -0.39 is 53.3 Å². The fourth-order valence-corrected chi connectivity index (χ4v) is 5.82. The highest BCUT2D eigenvalue weighted by molar-refractivity contribution is 9.10. The first-order valence-corrected chi connectivity index (χ1v) is 14.6. The predicted octanol–water partition coefficient (Wildman–Crippen LogP) is 6.47. The number of anilines is 1. The monoisotopic (exact) mass is 671 g/mol. The number of nitrogens with zero attached hydrogens (tertiary/aromatic N) is 3. The molecule has 7 nitrogen and oxygen atoms in total. The smallest absolute Gasteiger partial charge is 0.419 e. The third kappa shape index (κ3) is 6.13. The number of aromatic nitrogens is 2. The number of benzene rings is 2. The third-order valence-corrected chi connectivity index (χ3v) is 8.50. The average molecular weight is 673 g/mol. The summed E-state index contributed by atoms with van der Waals surface area (Å²) in [6.45, 7) is -0.405. The van der Waals surface area contributed by atoms with Gasteiger partial charge in [0.1, 0.15) is 11.5 Å². The summed E-state index contributed by atoms with van der Waals surface area (Å²) in [5.74, 6) is -1.92. The molecule has 4 aromatic rings. The van der Waals surface area contributed by atoms with Gasteiger partial charge in [0.25, 0.3) is 5.91 Å². The number of carbonyl (C=O) groups is 1. The number of halogens is 6. The van der Waals surface area contributed by atoms with Crippen molar-refractivity contribution in [3.8, 4) is 11.3 Å². The van der Waals surface area contributed by atoms with Crippen molar-refractivity contribution in [1.82, 2.24) is 9.61 Å². The van der Waals surface area contributed by atoms with E-state index in [2.05, 4.69) is 21.0 Å². The first kappa shape index (κ1) is 29.5. The summed E-state index contributed by atoms with van der Waals surface area (Å²) in [6, 6.07) is 10.5. The van der Waals surface area contributed by atoms with E-state index >= 15 is 0 Å². The van der Waals surface area contributed by atoms with Crippen LogP contribution in [0.4, 0.5) is 23.2 Å². The molecule has 1 fully saturated rings. The Kier molecular flexibility index (Phi) is 8.16. The molecule has 1 amide bonds. The number of nitrogens with two attached hydrogens (primary N) is 1. The van der Waals surface area contributed by atoms with Crippen LogP contribution in [0.3, 0.4) is 0 Å². The van der Waals surface area contributed by atoms with Crippen LogP contribution in [-0.2, 0) is 30.3 Å². The lowest BCUT2D eigenvalue weighted by atomic mass is 10.0. The van der Waals surface area contributed by atoms with Gasteiger partial charge in [0.15, 0.2) is 0 Å². The summed E-state index contributed by atoms with van der Waals surface area (Å²) in [5, 5.41) is 4.97. The minimum absolute atomic E-state index is 0.130. The van der Waals surface area contributed by atoms with Gasteiger partial charge >= 0.3 is 6.18 Å². The Hall–Kier alpha value is -3.00. The van der Waals surface area contributed by atoms with Crippen LogP contribution in [0.1, 0.15) is 39.9 Å². The van der Waals surface area contributed by atoms with Gasteiger partial charge in [-0.05, 0) is 82.9 Å². The zero-order valence-corrected chi connectivity index (χ0v) is 24.2. The Morgan fingerprint density at radius 1 is 1.20 bits per heavy atom. The van der Waals surface area contributed by atoms with Crippen LogP contribution in [0.25, 0.3) is 16.8 Å². The molecule has 0 spiro atoms. The van der Waals surface area contributed by atoms with E-state index in [1.165, 1.54) is 10.7 Å². The molecule has 1 saturated carbocycles. The van der Waals surface area contributed by atoms with Crippen molar-refractivity contribution in [2.75, 3.05) is 10.8 Å². The van der Waals surface area contributed by atoms with Crippen molar-refractivity contribution in [3.63, 3.8) is 0 Å². The average Bonchev–Trinajstić information content (AvgIpc) is 3.63. The van der Waals surface area contributed by atoms with Gasteiger partial charge in [0.05, 0.1) is 33.0 Å². The van der Waals surface area contributed by atoms with Crippen molar-refractivity contribution in [3.05, 3.63) is 86.2 Å². The van der Waals surface area contributed by atoms with Gasteiger partial charge in [-0.15, -0.1) is 0 Å². The molecule has 2 aromatic carbocycles. The zero-order chi connectivity index (χ0) is 29.6. The van der Waals surface area contributed by atoms with Gasteiger partial charge in [0, 0.05) is 28.4 Å². The number of hydrogen-bond acceptors (Lipinski definition) is 4.